The molecule has 4 rings (SSSR count). The Morgan fingerprint density at radius 3 is 1.71 bits per heavy atom. The van der Waals surface area contributed by atoms with E-state index in [1.807, 2.05) is 91.0 Å². The Balaban J connectivity index is 1.51. The molecule has 0 aromatic heterocycles. The molecule has 3 aromatic carbocycles. The molecule has 0 amide bonds. The number of aliphatic hydroxyl groups excluding tert-OH is 1. The van der Waals surface area contributed by atoms with Crippen molar-refractivity contribution in [3.8, 4) is 0 Å². The van der Waals surface area contributed by atoms with Gasteiger partial charge in [-0.15, -0.1) is 0 Å². The van der Waals surface area contributed by atoms with E-state index >= 15 is 0 Å². The zero-order chi connectivity index (χ0) is 24.3. The first-order chi connectivity index (χ1) is 17.2. The molecule has 7 heteroatoms. The summed E-state index contributed by atoms with van der Waals surface area (Å²) in [5.41, 5.74) is 3.22. The van der Waals surface area contributed by atoms with Crippen molar-refractivity contribution in [2.45, 2.75) is 48.4 Å². The summed E-state index contributed by atoms with van der Waals surface area (Å²) >= 11 is -1.61. The van der Waals surface area contributed by atoms with Crippen molar-refractivity contribution in [3.05, 3.63) is 108 Å². The van der Waals surface area contributed by atoms with Crippen LogP contribution in [0.25, 0.3) is 0 Å². The Morgan fingerprint density at radius 1 is 0.714 bits per heavy atom. The molecule has 1 unspecified atom stereocenters. The van der Waals surface area contributed by atoms with Gasteiger partial charge in [0.1, 0.15) is 0 Å². The average Bonchev–Trinajstić information content (AvgIpc) is 2.90. The fourth-order valence-electron chi connectivity index (χ4n) is 4.36. The van der Waals surface area contributed by atoms with Crippen LogP contribution in [-0.2, 0) is 62.1 Å². The van der Waals surface area contributed by atoms with Gasteiger partial charge in [-0.3, -0.25) is 0 Å². The van der Waals surface area contributed by atoms with Crippen molar-refractivity contribution in [1.82, 2.24) is 0 Å². The zero-order valence-corrected chi connectivity index (χ0v) is 26.0. The fourth-order valence-corrected chi connectivity index (χ4v) is 9.94. The van der Waals surface area contributed by atoms with Gasteiger partial charge in [-0.25, -0.2) is 0 Å². The Bertz CT molecular complexity index is 978. The summed E-state index contributed by atoms with van der Waals surface area (Å²) in [5, 5.41) is 10.9. The van der Waals surface area contributed by atoms with Gasteiger partial charge in [0.05, 0.1) is 0 Å². The minimum atomic E-state index is -1.61. The molecule has 1 fully saturated rings. The third kappa shape index (κ3) is 8.09. The standard InChI is InChI=1S/C28H31O5.ClH.Hg/c1-21-26(31-18-23-13-7-3-8-14-23)27(32-19-24-15-9-4-10-16-24)25(33-28(21)29)20-30-17-22-11-5-2-6-12-22;;/h2-16,21,25-29H,1,17-20H2;1H;/q;;+1/p-1/t21-,25+,26+,27+,28?;;/m0../s1. The molecular weight excluding hydrogens is 652 g/mol. The van der Waals surface area contributed by atoms with Crippen LogP contribution in [0.3, 0.4) is 0 Å². The predicted octanol–water partition coefficient (Wildman–Crippen LogP) is 5.36. The van der Waals surface area contributed by atoms with Crippen LogP contribution in [0.4, 0.5) is 0 Å². The van der Waals surface area contributed by atoms with Gasteiger partial charge >= 0.3 is 224 Å². The van der Waals surface area contributed by atoms with Gasteiger partial charge < -0.3 is 0 Å². The monoisotopic (exact) mass is 684 g/mol. The molecule has 35 heavy (non-hydrogen) atoms. The first-order valence-corrected chi connectivity index (χ1v) is 22.7. The Labute approximate surface area is 223 Å². The number of hydrogen-bond acceptors (Lipinski definition) is 5. The van der Waals surface area contributed by atoms with Crippen LogP contribution < -0.4 is 0 Å². The van der Waals surface area contributed by atoms with E-state index in [9.17, 15) is 5.11 Å². The Hall–Kier alpha value is -1.31. The molecule has 1 heterocycles. The number of benzene rings is 3. The number of ether oxygens (including phenoxy) is 4. The maximum absolute atomic E-state index is 10.9. The Morgan fingerprint density at radius 2 is 1.20 bits per heavy atom. The number of rotatable bonds is 12. The van der Waals surface area contributed by atoms with E-state index < -0.39 is 41.8 Å². The second-order valence-electron chi connectivity index (χ2n) is 8.73. The van der Waals surface area contributed by atoms with Crippen molar-refractivity contribution in [2.24, 2.45) is 5.92 Å². The van der Waals surface area contributed by atoms with Crippen molar-refractivity contribution in [1.29, 1.82) is 0 Å². The molecule has 0 spiro atoms. The summed E-state index contributed by atoms with van der Waals surface area (Å²) < 4.78 is 25.8. The van der Waals surface area contributed by atoms with E-state index in [-0.39, 0.29) is 18.6 Å². The molecule has 0 aliphatic carbocycles. The van der Waals surface area contributed by atoms with E-state index in [0.29, 0.717) is 19.8 Å². The van der Waals surface area contributed by atoms with Crippen molar-refractivity contribution in [2.75, 3.05) is 6.61 Å². The van der Waals surface area contributed by atoms with Gasteiger partial charge in [0.25, 0.3) is 0 Å². The first kappa shape index (κ1) is 26.7. The van der Waals surface area contributed by atoms with Gasteiger partial charge in [-0.1, -0.05) is 0 Å². The molecule has 1 saturated heterocycles. The summed E-state index contributed by atoms with van der Waals surface area (Å²) in [4.78, 5) is 0. The van der Waals surface area contributed by atoms with Crippen LogP contribution in [0.5, 0.6) is 0 Å². The van der Waals surface area contributed by atoms with Crippen LogP contribution in [0.2, 0.25) is 3.93 Å². The van der Waals surface area contributed by atoms with Gasteiger partial charge in [-0.05, 0) is 0 Å². The van der Waals surface area contributed by atoms with E-state index in [4.69, 9.17) is 27.2 Å². The summed E-state index contributed by atoms with van der Waals surface area (Å²) in [6.45, 7) is 1.59. The van der Waals surface area contributed by atoms with E-state index in [1.165, 1.54) is 0 Å². The zero-order valence-electron chi connectivity index (χ0n) is 19.7. The summed E-state index contributed by atoms with van der Waals surface area (Å²) in [5.74, 6) is -0.218. The predicted molar refractivity (Wildman–Crippen MR) is 131 cm³/mol. The molecule has 0 radical (unpaired) electrons. The van der Waals surface area contributed by atoms with Crippen LogP contribution >= 0.6 is 8.25 Å². The molecule has 1 N–H and O–H groups in total. The molecule has 0 saturated carbocycles. The minimum absolute atomic E-state index is 0.218. The first-order valence-electron chi connectivity index (χ1n) is 12.1. The molecule has 182 valence electrons. The Kier molecular flexibility index (Phi) is 11.0. The van der Waals surface area contributed by atoms with Gasteiger partial charge in [0, 0.05) is 0 Å². The topological polar surface area (TPSA) is 57.2 Å². The SMILES string of the molecule is OC1O[C@H](COCc2ccccc2)[C@@H](OCc2ccccc2)[C@H](OCc2ccccc2)[C@@H]1[CH2][Hg][Cl]. The average molecular weight is 684 g/mol. The number of hydrogen-bond donors (Lipinski definition) is 1. The quantitative estimate of drug-likeness (QED) is 0.261. The molecule has 5 nitrogen and oxygen atoms in total. The second-order valence-corrected chi connectivity index (χ2v) is 15.8. The molecule has 5 atom stereocenters. The van der Waals surface area contributed by atoms with Crippen molar-refractivity contribution >= 4 is 8.25 Å². The summed E-state index contributed by atoms with van der Waals surface area (Å²) in [6.07, 6.45) is -2.19. The normalized spacial score (nSPS) is 24.1. The summed E-state index contributed by atoms with van der Waals surface area (Å²) in [7, 11) is 6.33. The van der Waals surface area contributed by atoms with E-state index in [2.05, 4.69) is 0 Å². The van der Waals surface area contributed by atoms with E-state index in [1.54, 1.807) is 0 Å². The second kappa shape index (κ2) is 14.4. The van der Waals surface area contributed by atoms with Crippen LogP contribution in [-0.4, -0.2) is 36.3 Å². The molecular formula is C28H31ClHgO5. The molecule has 0 bridgehead atoms. The fraction of sp³-hybridized carbons (Fsp3) is 0.357. The van der Waals surface area contributed by atoms with Gasteiger partial charge in [0.2, 0.25) is 0 Å². The van der Waals surface area contributed by atoms with Crippen molar-refractivity contribution < 1.29 is 47.4 Å². The summed E-state index contributed by atoms with van der Waals surface area (Å²) in [6, 6.07) is 30.1. The third-order valence-electron chi connectivity index (χ3n) is 6.20. The number of aliphatic hydroxyl groups is 1. The number of halogens is 1. The molecule has 3 aromatic rings. The van der Waals surface area contributed by atoms with Crippen LogP contribution in [0.15, 0.2) is 91.0 Å². The van der Waals surface area contributed by atoms with Crippen LogP contribution in [0.1, 0.15) is 16.7 Å². The van der Waals surface area contributed by atoms with E-state index in [0.717, 1.165) is 20.6 Å². The molecule has 1 aliphatic rings. The van der Waals surface area contributed by atoms with Gasteiger partial charge in [0.15, 0.2) is 0 Å². The van der Waals surface area contributed by atoms with Gasteiger partial charge in [-0.2, -0.15) is 0 Å². The molecule has 1 aliphatic heterocycles. The maximum atomic E-state index is 10.9. The third-order valence-corrected chi connectivity index (χ3v) is 11.6. The van der Waals surface area contributed by atoms with Crippen LogP contribution in [0, 0.1) is 5.92 Å². The van der Waals surface area contributed by atoms with Crippen molar-refractivity contribution in [3.63, 3.8) is 0 Å².